The molecular weight excluding hydrogens is 248 g/mol. The number of carbonyl (C=O) groups excluding carboxylic acids is 1. The highest BCUT2D eigenvalue weighted by atomic mass is 16.3. The highest BCUT2D eigenvalue weighted by Gasteiger charge is 2.29. The van der Waals surface area contributed by atoms with Crippen molar-refractivity contribution in [2.24, 2.45) is 0 Å². The van der Waals surface area contributed by atoms with Crippen LogP contribution >= 0.6 is 0 Å². The molecule has 19 heavy (non-hydrogen) atoms. The van der Waals surface area contributed by atoms with E-state index in [1.165, 1.54) is 0 Å². The van der Waals surface area contributed by atoms with Crippen molar-refractivity contribution in [3.8, 4) is 6.07 Å². The second-order valence-corrected chi connectivity index (χ2v) is 4.29. The number of nitrogens with zero attached hydrogens (tertiary/aromatic N) is 1. The summed E-state index contributed by atoms with van der Waals surface area (Å²) < 4.78 is 0. The Hall–Kier alpha value is -1.94. The van der Waals surface area contributed by atoms with E-state index in [2.05, 4.69) is 5.32 Å². The number of aliphatic hydroxyl groups excluding tert-OH is 3. The number of aliphatic hydroxyl groups is 3. The van der Waals surface area contributed by atoms with Crippen LogP contribution in [0.2, 0.25) is 0 Å². The Balaban J connectivity index is 2.66. The van der Waals surface area contributed by atoms with Crippen LogP contribution in [0.15, 0.2) is 24.3 Å². The maximum atomic E-state index is 11.7. The van der Waals surface area contributed by atoms with Crippen LogP contribution in [0, 0.1) is 11.3 Å². The molecule has 0 aliphatic rings. The highest BCUT2D eigenvalue weighted by molar-refractivity contribution is 5.79. The Kier molecular flexibility index (Phi) is 5.45. The van der Waals surface area contributed by atoms with Crippen molar-refractivity contribution >= 4 is 5.91 Å². The van der Waals surface area contributed by atoms with Gasteiger partial charge in [0.2, 0.25) is 5.91 Å². The Morgan fingerprint density at radius 2 is 1.68 bits per heavy atom. The molecule has 1 amide bonds. The molecule has 6 heteroatoms. The number of nitriles is 1. The van der Waals surface area contributed by atoms with Gasteiger partial charge in [0.1, 0.15) is 5.54 Å². The molecule has 0 saturated heterocycles. The van der Waals surface area contributed by atoms with Gasteiger partial charge < -0.3 is 20.6 Å². The lowest BCUT2D eigenvalue weighted by molar-refractivity contribution is -0.124. The van der Waals surface area contributed by atoms with Gasteiger partial charge in [-0.05, 0) is 17.7 Å². The number of hydrogen-bond acceptors (Lipinski definition) is 5. The minimum absolute atomic E-state index is 0.0352. The van der Waals surface area contributed by atoms with Gasteiger partial charge in [-0.15, -0.1) is 0 Å². The SMILES string of the molecule is N#Cc1ccc(CC(=O)NC(CO)(CO)CO)cc1. The lowest BCUT2D eigenvalue weighted by Gasteiger charge is -2.28. The molecule has 0 aromatic heterocycles. The molecular formula is C13H16N2O4. The minimum atomic E-state index is -1.41. The van der Waals surface area contributed by atoms with Crippen LogP contribution in [-0.4, -0.2) is 46.6 Å². The second-order valence-electron chi connectivity index (χ2n) is 4.29. The average Bonchev–Trinajstić information content (AvgIpc) is 2.46. The van der Waals surface area contributed by atoms with Gasteiger partial charge in [0, 0.05) is 0 Å². The molecule has 0 atom stereocenters. The third-order valence-electron chi connectivity index (χ3n) is 2.76. The molecule has 0 spiro atoms. The second kappa shape index (κ2) is 6.85. The van der Waals surface area contributed by atoms with E-state index in [1.807, 2.05) is 6.07 Å². The van der Waals surface area contributed by atoms with Gasteiger partial charge in [-0.3, -0.25) is 4.79 Å². The molecule has 0 unspecified atom stereocenters. The van der Waals surface area contributed by atoms with Gasteiger partial charge >= 0.3 is 0 Å². The quantitative estimate of drug-likeness (QED) is 0.522. The van der Waals surface area contributed by atoms with E-state index in [9.17, 15) is 4.79 Å². The number of hydrogen-bond donors (Lipinski definition) is 4. The summed E-state index contributed by atoms with van der Waals surface area (Å²) in [6.07, 6.45) is 0.0352. The van der Waals surface area contributed by atoms with Gasteiger partial charge in [-0.25, -0.2) is 0 Å². The molecule has 0 aliphatic carbocycles. The lowest BCUT2D eigenvalue weighted by atomic mass is 10.0. The highest BCUT2D eigenvalue weighted by Crippen LogP contribution is 2.06. The molecule has 0 bridgehead atoms. The predicted octanol–water partition coefficient (Wildman–Crippen LogP) is -1.07. The van der Waals surface area contributed by atoms with Crippen LogP contribution < -0.4 is 5.32 Å². The maximum Gasteiger partial charge on any atom is 0.225 e. The summed E-state index contributed by atoms with van der Waals surface area (Å²) >= 11 is 0. The van der Waals surface area contributed by atoms with E-state index in [-0.39, 0.29) is 6.42 Å². The maximum absolute atomic E-state index is 11.7. The van der Waals surface area contributed by atoms with Gasteiger partial charge in [0.15, 0.2) is 0 Å². The molecule has 0 saturated carbocycles. The van der Waals surface area contributed by atoms with Crippen LogP contribution in [0.4, 0.5) is 0 Å². The molecule has 1 rings (SSSR count). The summed E-state index contributed by atoms with van der Waals surface area (Å²) in [5.41, 5.74) is -0.220. The number of carbonyl (C=O) groups is 1. The van der Waals surface area contributed by atoms with E-state index >= 15 is 0 Å². The molecule has 0 heterocycles. The van der Waals surface area contributed by atoms with Gasteiger partial charge in [-0.1, -0.05) is 12.1 Å². The first-order chi connectivity index (χ1) is 9.09. The number of benzene rings is 1. The van der Waals surface area contributed by atoms with E-state index in [0.29, 0.717) is 11.1 Å². The smallest absolute Gasteiger partial charge is 0.225 e. The monoisotopic (exact) mass is 264 g/mol. The van der Waals surface area contributed by atoms with Crippen molar-refractivity contribution in [1.29, 1.82) is 5.26 Å². The Bertz CT molecular complexity index is 452. The van der Waals surface area contributed by atoms with Crippen molar-refractivity contribution in [3.63, 3.8) is 0 Å². The summed E-state index contributed by atoms with van der Waals surface area (Å²) in [5.74, 6) is -0.429. The summed E-state index contributed by atoms with van der Waals surface area (Å²) in [7, 11) is 0. The molecule has 6 nitrogen and oxygen atoms in total. The largest absolute Gasteiger partial charge is 0.394 e. The first kappa shape index (κ1) is 15.1. The van der Waals surface area contributed by atoms with Crippen LogP contribution in [-0.2, 0) is 11.2 Å². The zero-order chi connectivity index (χ0) is 14.3. The predicted molar refractivity (Wildman–Crippen MR) is 67.0 cm³/mol. The first-order valence-electron chi connectivity index (χ1n) is 5.72. The van der Waals surface area contributed by atoms with Crippen molar-refractivity contribution < 1.29 is 20.1 Å². The van der Waals surface area contributed by atoms with E-state index in [4.69, 9.17) is 20.6 Å². The Morgan fingerprint density at radius 1 is 1.16 bits per heavy atom. The van der Waals surface area contributed by atoms with Gasteiger partial charge in [-0.2, -0.15) is 5.26 Å². The molecule has 0 aliphatic heterocycles. The molecule has 4 N–H and O–H groups in total. The number of amides is 1. The lowest BCUT2D eigenvalue weighted by Crippen LogP contribution is -2.57. The summed E-state index contributed by atoms with van der Waals surface area (Å²) in [6, 6.07) is 8.47. The zero-order valence-electron chi connectivity index (χ0n) is 10.3. The Labute approximate surface area is 110 Å². The zero-order valence-corrected chi connectivity index (χ0v) is 10.3. The van der Waals surface area contributed by atoms with Crippen molar-refractivity contribution in [2.75, 3.05) is 19.8 Å². The van der Waals surface area contributed by atoms with Crippen LogP contribution in [0.3, 0.4) is 0 Å². The third kappa shape index (κ3) is 4.03. The fraction of sp³-hybridized carbons (Fsp3) is 0.385. The van der Waals surface area contributed by atoms with Gasteiger partial charge in [0.05, 0.1) is 37.9 Å². The molecule has 102 valence electrons. The van der Waals surface area contributed by atoms with Crippen molar-refractivity contribution in [2.45, 2.75) is 12.0 Å². The molecule has 0 fully saturated rings. The molecule has 1 aromatic rings. The van der Waals surface area contributed by atoms with Crippen LogP contribution in [0.1, 0.15) is 11.1 Å². The molecule has 0 radical (unpaired) electrons. The summed E-state index contributed by atoms with van der Waals surface area (Å²) in [6.45, 7) is -1.67. The standard InChI is InChI=1S/C13H16N2O4/c14-6-11-3-1-10(2-4-11)5-12(19)15-13(7-16,8-17)9-18/h1-4,16-18H,5,7-9H2,(H,15,19). The summed E-state index contributed by atoms with van der Waals surface area (Å²) in [4.78, 5) is 11.7. The summed E-state index contributed by atoms with van der Waals surface area (Å²) in [5, 5.41) is 38.3. The average molecular weight is 264 g/mol. The fourth-order valence-corrected chi connectivity index (χ4v) is 1.49. The normalized spacial score (nSPS) is 10.8. The minimum Gasteiger partial charge on any atom is -0.394 e. The fourth-order valence-electron chi connectivity index (χ4n) is 1.49. The van der Waals surface area contributed by atoms with Crippen LogP contribution in [0.25, 0.3) is 0 Å². The topological polar surface area (TPSA) is 114 Å². The third-order valence-corrected chi connectivity index (χ3v) is 2.76. The van der Waals surface area contributed by atoms with Gasteiger partial charge in [0.25, 0.3) is 0 Å². The molecule has 1 aromatic carbocycles. The van der Waals surface area contributed by atoms with Crippen LogP contribution in [0.5, 0.6) is 0 Å². The first-order valence-corrected chi connectivity index (χ1v) is 5.72. The van der Waals surface area contributed by atoms with Crippen molar-refractivity contribution in [3.05, 3.63) is 35.4 Å². The number of nitrogens with one attached hydrogen (secondary N) is 1. The van der Waals surface area contributed by atoms with E-state index in [1.54, 1.807) is 24.3 Å². The van der Waals surface area contributed by atoms with E-state index in [0.717, 1.165) is 0 Å². The van der Waals surface area contributed by atoms with E-state index < -0.39 is 31.3 Å². The van der Waals surface area contributed by atoms with Crippen molar-refractivity contribution in [1.82, 2.24) is 5.32 Å². The number of rotatable bonds is 6. The Morgan fingerprint density at radius 3 is 2.11 bits per heavy atom.